The minimum Gasteiger partial charge on any atom is -0.469 e. The van der Waals surface area contributed by atoms with Gasteiger partial charge in [0.25, 0.3) is 5.88 Å². The molecule has 0 spiro atoms. The van der Waals surface area contributed by atoms with E-state index >= 15 is 0 Å². The van der Waals surface area contributed by atoms with Gasteiger partial charge in [-0.25, -0.2) is 22.8 Å². The van der Waals surface area contributed by atoms with Crippen molar-refractivity contribution in [1.29, 1.82) is 0 Å². The van der Waals surface area contributed by atoms with Crippen LogP contribution in [0.15, 0.2) is 6.07 Å². The highest BCUT2D eigenvalue weighted by molar-refractivity contribution is 7.11. The van der Waals surface area contributed by atoms with E-state index in [1.807, 2.05) is 0 Å². The van der Waals surface area contributed by atoms with E-state index in [4.69, 9.17) is 26.8 Å². The molecule has 186 valence electrons. The molecule has 2 heterocycles. The number of primary amides is 1. The number of carbonyl (C=O) groups excluding carboxylic acids is 2. The van der Waals surface area contributed by atoms with Crippen molar-refractivity contribution in [2.75, 3.05) is 31.5 Å². The summed E-state index contributed by atoms with van der Waals surface area (Å²) >= 11 is 6.09. The fourth-order valence-electron chi connectivity index (χ4n) is 3.32. The van der Waals surface area contributed by atoms with E-state index in [9.17, 15) is 22.8 Å². The highest BCUT2D eigenvalue weighted by Crippen LogP contribution is 2.39. The van der Waals surface area contributed by atoms with Crippen molar-refractivity contribution in [2.24, 2.45) is 5.73 Å². The number of halogens is 4. The van der Waals surface area contributed by atoms with Gasteiger partial charge in [-0.15, -0.1) is 4.37 Å². The van der Waals surface area contributed by atoms with Crippen molar-refractivity contribution < 1.29 is 32.2 Å². The molecule has 1 aromatic carbocycles. The SMILES string of the molecule is NC(=O)Oc1c(OCc2c(F)cc(Cl)c(F)c2F)nsc1NC(=O)NCCCCN1CCCC1. The van der Waals surface area contributed by atoms with Crippen LogP contribution in [0.3, 0.4) is 0 Å². The molecule has 1 aromatic heterocycles. The number of nitrogens with zero attached hydrogens (tertiary/aromatic N) is 2. The molecule has 0 saturated carbocycles. The first-order valence-electron chi connectivity index (χ1n) is 10.4. The number of benzene rings is 1. The molecule has 0 atom stereocenters. The summed E-state index contributed by atoms with van der Waals surface area (Å²) in [5, 5.41) is 4.39. The molecule has 0 radical (unpaired) electrons. The number of hydrogen-bond donors (Lipinski definition) is 3. The van der Waals surface area contributed by atoms with Crippen LogP contribution < -0.4 is 25.8 Å². The Morgan fingerprint density at radius 1 is 1.21 bits per heavy atom. The molecule has 0 aliphatic carbocycles. The molecule has 34 heavy (non-hydrogen) atoms. The third-order valence-corrected chi connectivity index (χ3v) is 6.00. The largest absolute Gasteiger partial charge is 0.469 e. The Labute approximate surface area is 202 Å². The van der Waals surface area contributed by atoms with E-state index in [-0.39, 0.29) is 16.6 Å². The summed E-state index contributed by atoms with van der Waals surface area (Å²) in [7, 11) is 0. The van der Waals surface area contributed by atoms with Gasteiger partial charge in [-0.3, -0.25) is 5.32 Å². The Kier molecular flexibility index (Phi) is 9.19. The molecule has 1 aliphatic heterocycles. The molecule has 0 unspecified atom stereocenters. The fourth-order valence-corrected chi connectivity index (χ4v) is 4.16. The van der Waals surface area contributed by atoms with Gasteiger partial charge in [0, 0.05) is 6.54 Å². The zero-order valence-electron chi connectivity index (χ0n) is 18.0. The van der Waals surface area contributed by atoms with Crippen molar-refractivity contribution in [3.8, 4) is 11.6 Å². The van der Waals surface area contributed by atoms with E-state index in [1.165, 1.54) is 12.8 Å². The number of urea groups is 1. The van der Waals surface area contributed by atoms with Crippen LogP contribution in [0.5, 0.6) is 11.6 Å². The second-order valence-electron chi connectivity index (χ2n) is 7.44. The van der Waals surface area contributed by atoms with Crippen LogP contribution in [-0.2, 0) is 6.61 Å². The van der Waals surface area contributed by atoms with Crippen LogP contribution in [0, 0.1) is 17.5 Å². The molecule has 3 amide bonds. The predicted molar refractivity (Wildman–Crippen MR) is 120 cm³/mol. The lowest BCUT2D eigenvalue weighted by Crippen LogP contribution is -2.30. The molecule has 2 aromatic rings. The molecule has 0 bridgehead atoms. The number of amides is 3. The van der Waals surface area contributed by atoms with Crippen LogP contribution in [0.4, 0.5) is 27.8 Å². The molecular weight excluding hydrogens is 499 g/mol. The lowest BCUT2D eigenvalue weighted by Gasteiger charge is -2.14. The summed E-state index contributed by atoms with van der Waals surface area (Å²) in [6, 6.07) is 0.0192. The highest BCUT2D eigenvalue weighted by Gasteiger charge is 2.24. The monoisotopic (exact) mass is 521 g/mol. The number of nitrogens with one attached hydrogen (secondary N) is 2. The number of rotatable bonds is 10. The Morgan fingerprint density at radius 2 is 1.94 bits per heavy atom. The van der Waals surface area contributed by atoms with Crippen molar-refractivity contribution in [2.45, 2.75) is 32.3 Å². The number of anilines is 1. The Morgan fingerprint density at radius 3 is 2.65 bits per heavy atom. The van der Waals surface area contributed by atoms with Crippen molar-refractivity contribution >= 4 is 40.3 Å². The van der Waals surface area contributed by atoms with Gasteiger partial charge < -0.3 is 25.4 Å². The molecule has 3 rings (SSSR count). The van der Waals surface area contributed by atoms with Gasteiger partial charge >= 0.3 is 12.1 Å². The Bertz CT molecular complexity index is 1040. The first-order chi connectivity index (χ1) is 16.3. The lowest BCUT2D eigenvalue weighted by molar-refractivity contribution is 0.205. The maximum atomic E-state index is 14.0. The Balaban J connectivity index is 1.57. The number of likely N-dealkylation sites (tertiary alicyclic amines) is 1. The van der Waals surface area contributed by atoms with E-state index in [0.29, 0.717) is 24.1 Å². The smallest absolute Gasteiger partial charge is 0.410 e. The van der Waals surface area contributed by atoms with Crippen LogP contribution in [0.2, 0.25) is 5.02 Å². The first-order valence-corrected chi connectivity index (χ1v) is 11.6. The molecule has 9 nitrogen and oxygen atoms in total. The minimum absolute atomic E-state index is 0.0217. The maximum absolute atomic E-state index is 14.0. The summed E-state index contributed by atoms with van der Waals surface area (Å²) in [4.78, 5) is 25.9. The van der Waals surface area contributed by atoms with Gasteiger partial charge in [0.05, 0.1) is 10.6 Å². The fraction of sp³-hybridized carbons (Fsp3) is 0.450. The lowest BCUT2D eigenvalue weighted by atomic mass is 10.2. The quantitative estimate of drug-likeness (QED) is 0.244. The first kappa shape index (κ1) is 25.8. The summed E-state index contributed by atoms with van der Waals surface area (Å²) < 4.78 is 55.5. The number of unbranched alkanes of at least 4 members (excludes halogenated alkanes) is 1. The zero-order valence-corrected chi connectivity index (χ0v) is 19.5. The van der Waals surface area contributed by atoms with E-state index in [1.54, 1.807) is 0 Å². The van der Waals surface area contributed by atoms with Crippen LogP contribution in [0.1, 0.15) is 31.2 Å². The number of ether oxygens (including phenoxy) is 2. The average Bonchev–Trinajstić information content (AvgIpc) is 3.42. The topological polar surface area (TPSA) is 119 Å². The normalized spacial score (nSPS) is 13.6. The van der Waals surface area contributed by atoms with Gasteiger partial charge in [-0.2, -0.15) is 0 Å². The van der Waals surface area contributed by atoms with Gasteiger partial charge in [-0.05, 0) is 62.9 Å². The maximum Gasteiger partial charge on any atom is 0.410 e. The Hall–Kier alpha value is -2.77. The van der Waals surface area contributed by atoms with E-state index < -0.39 is 46.8 Å². The van der Waals surface area contributed by atoms with E-state index in [0.717, 1.165) is 32.5 Å². The summed E-state index contributed by atoms with van der Waals surface area (Å²) in [5.74, 6) is -4.83. The molecular formula is C20H23ClF3N5O4S. The van der Waals surface area contributed by atoms with Gasteiger partial charge in [0.15, 0.2) is 16.6 Å². The van der Waals surface area contributed by atoms with Crippen molar-refractivity contribution in [3.63, 3.8) is 0 Å². The number of hydrogen-bond acceptors (Lipinski definition) is 7. The number of carbonyl (C=O) groups is 2. The third-order valence-electron chi connectivity index (χ3n) is 5.00. The van der Waals surface area contributed by atoms with Crippen LogP contribution >= 0.6 is 23.1 Å². The summed E-state index contributed by atoms with van der Waals surface area (Å²) in [6.07, 6.45) is 2.92. The second kappa shape index (κ2) is 12.1. The predicted octanol–water partition coefficient (Wildman–Crippen LogP) is 4.25. The van der Waals surface area contributed by atoms with Crippen LogP contribution in [-0.4, -0.2) is 47.6 Å². The molecule has 4 N–H and O–H groups in total. The number of aromatic nitrogens is 1. The molecule has 1 fully saturated rings. The average molecular weight is 522 g/mol. The summed E-state index contributed by atoms with van der Waals surface area (Å²) in [5.41, 5.74) is 4.30. The standard InChI is InChI=1S/C20H23ClF3N5O4S/c21-12-9-13(22)11(14(23)15(12)24)10-32-17-16(33-19(25)30)18(34-28-17)27-20(31)26-5-1-2-6-29-7-3-4-8-29/h9H,1-8,10H2,(H2,25,30)(H2,26,27,31). The van der Waals surface area contributed by atoms with Crippen molar-refractivity contribution in [3.05, 3.63) is 34.1 Å². The van der Waals surface area contributed by atoms with Crippen molar-refractivity contribution in [1.82, 2.24) is 14.6 Å². The van der Waals surface area contributed by atoms with E-state index in [2.05, 4.69) is 19.9 Å². The third kappa shape index (κ3) is 6.87. The molecule has 14 heteroatoms. The molecule has 1 aliphatic rings. The zero-order chi connectivity index (χ0) is 24.7. The van der Waals surface area contributed by atoms with Gasteiger partial charge in [0.1, 0.15) is 12.4 Å². The number of nitrogens with two attached hydrogens (primary N) is 1. The second-order valence-corrected chi connectivity index (χ2v) is 8.62. The minimum atomic E-state index is -1.53. The van der Waals surface area contributed by atoms with Crippen LogP contribution in [0.25, 0.3) is 0 Å². The molecule has 1 saturated heterocycles. The van der Waals surface area contributed by atoms with Gasteiger partial charge in [-0.1, -0.05) is 11.6 Å². The highest BCUT2D eigenvalue weighted by atomic mass is 35.5. The summed E-state index contributed by atoms with van der Waals surface area (Å²) in [6.45, 7) is 2.83. The van der Waals surface area contributed by atoms with Gasteiger partial charge in [0.2, 0.25) is 5.75 Å².